The molecule has 0 radical (unpaired) electrons. The zero-order valence-electron chi connectivity index (χ0n) is 8.30. The largest absolute Gasteiger partial charge is 0.252 e. The fourth-order valence-electron chi connectivity index (χ4n) is 2.32. The molecule has 0 unspecified atom stereocenters. The predicted molar refractivity (Wildman–Crippen MR) is 47.2 cm³/mol. The highest BCUT2D eigenvalue weighted by Gasteiger charge is 2.57. The van der Waals surface area contributed by atoms with E-state index in [0.29, 0.717) is 6.42 Å². The van der Waals surface area contributed by atoms with Crippen LogP contribution in [0.4, 0.5) is 8.78 Å². The van der Waals surface area contributed by atoms with Gasteiger partial charge in [0, 0.05) is 25.3 Å². The van der Waals surface area contributed by atoms with Crippen LogP contribution < -0.4 is 0 Å². The van der Waals surface area contributed by atoms with Gasteiger partial charge in [0.25, 0.3) is 0 Å². The average Bonchev–Trinajstić information content (AvgIpc) is 2.46. The van der Waals surface area contributed by atoms with E-state index >= 15 is 0 Å². The van der Waals surface area contributed by atoms with Gasteiger partial charge in [0.1, 0.15) is 0 Å². The molecule has 1 aliphatic rings. The second-order valence-electron chi connectivity index (χ2n) is 4.09. The molecule has 2 rings (SSSR count). The van der Waals surface area contributed by atoms with E-state index in [1.807, 2.05) is 6.92 Å². The summed E-state index contributed by atoms with van der Waals surface area (Å²) in [5.41, 5.74) is 0.424. The molecule has 0 aliphatic heterocycles. The molecule has 0 aromatic carbocycles. The number of rotatable bonds is 2. The Morgan fingerprint density at radius 1 is 1.50 bits per heavy atom. The van der Waals surface area contributed by atoms with E-state index in [2.05, 4.69) is 10.3 Å². The van der Waals surface area contributed by atoms with Gasteiger partial charge in [0.05, 0.1) is 11.9 Å². The van der Waals surface area contributed by atoms with E-state index in [9.17, 15) is 8.78 Å². The molecule has 0 saturated heterocycles. The number of aryl methyl sites for hydroxylation is 1. The summed E-state index contributed by atoms with van der Waals surface area (Å²) in [4.78, 5) is 0. The maximum Gasteiger partial charge on any atom is 0.250 e. The van der Waals surface area contributed by atoms with Gasteiger partial charge in [-0.2, -0.15) is 0 Å². The van der Waals surface area contributed by atoms with Crippen LogP contribution in [-0.4, -0.2) is 20.9 Å². The van der Waals surface area contributed by atoms with E-state index in [1.54, 1.807) is 17.9 Å². The molecule has 5 heteroatoms. The van der Waals surface area contributed by atoms with Gasteiger partial charge in [-0.1, -0.05) is 12.1 Å². The Balaban J connectivity index is 2.29. The topological polar surface area (TPSA) is 30.7 Å². The molecule has 0 N–H and O–H groups in total. The summed E-state index contributed by atoms with van der Waals surface area (Å²) < 4.78 is 27.4. The molecule has 14 heavy (non-hydrogen) atoms. The molecule has 1 heterocycles. The van der Waals surface area contributed by atoms with Crippen molar-refractivity contribution in [3.63, 3.8) is 0 Å². The third-order valence-electron chi connectivity index (χ3n) is 3.13. The molecular formula is C9H13F2N3. The highest BCUT2D eigenvalue weighted by molar-refractivity contribution is 5.21. The van der Waals surface area contributed by atoms with Crippen molar-refractivity contribution in [2.45, 2.75) is 37.5 Å². The minimum Gasteiger partial charge on any atom is -0.252 e. The average molecular weight is 201 g/mol. The third kappa shape index (κ3) is 1.22. The molecular weight excluding hydrogens is 188 g/mol. The van der Waals surface area contributed by atoms with Crippen LogP contribution in [-0.2, 0) is 12.5 Å². The van der Waals surface area contributed by atoms with E-state index in [0.717, 1.165) is 5.69 Å². The van der Waals surface area contributed by atoms with Crippen molar-refractivity contribution < 1.29 is 8.78 Å². The monoisotopic (exact) mass is 201 g/mol. The van der Waals surface area contributed by atoms with Crippen molar-refractivity contribution in [3.8, 4) is 0 Å². The normalized spacial score (nSPS) is 23.1. The number of alkyl halides is 2. The van der Waals surface area contributed by atoms with Crippen molar-refractivity contribution in [1.82, 2.24) is 15.0 Å². The number of hydrogen-bond donors (Lipinski definition) is 0. The zero-order chi connectivity index (χ0) is 10.4. The van der Waals surface area contributed by atoms with E-state index in [4.69, 9.17) is 0 Å². The van der Waals surface area contributed by atoms with Gasteiger partial charge < -0.3 is 0 Å². The molecule has 1 aromatic heterocycles. The lowest BCUT2D eigenvalue weighted by Gasteiger charge is -2.46. The van der Waals surface area contributed by atoms with Gasteiger partial charge in [-0.05, 0) is 6.42 Å². The first kappa shape index (κ1) is 9.55. The Labute approximate surface area is 81.1 Å². The third-order valence-corrected chi connectivity index (χ3v) is 3.13. The molecule has 1 aromatic rings. The Hall–Kier alpha value is -1.00. The lowest BCUT2D eigenvalue weighted by molar-refractivity contribution is -0.130. The van der Waals surface area contributed by atoms with Gasteiger partial charge in [-0.3, -0.25) is 4.68 Å². The van der Waals surface area contributed by atoms with Crippen molar-refractivity contribution >= 4 is 0 Å². The van der Waals surface area contributed by atoms with Crippen LogP contribution in [0.3, 0.4) is 0 Å². The standard InChI is InChI=1S/C9H13F2N3/c1-3-8(5-9(10,11)6-8)7-4-12-13-14(7)2/h4H,3,5-6H2,1-2H3. The van der Waals surface area contributed by atoms with Crippen LogP contribution in [0.1, 0.15) is 31.9 Å². The molecule has 1 saturated carbocycles. The van der Waals surface area contributed by atoms with Gasteiger partial charge in [0.2, 0.25) is 5.92 Å². The molecule has 1 fully saturated rings. The molecule has 0 atom stereocenters. The summed E-state index contributed by atoms with van der Waals surface area (Å²) in [5, 5.41) is 7.52. The maximum atomic E-state index is 12.9. The Bertz CT molecular complexity index is 338. The van der Waals surface area contributed by atoms with Crippen molar-refractivity contribution in [3.05, 3.63) is 11.9 Å². The van der Waals surface area contributed by atoms with Gasteiger partial charge in [-0.25, -0.2) is 8.78 Å². The Kier molecular flexibility index (Phi) is 1.87. The van der Waals surface area contributed by atoms with Crippen LogP contribution in [0, 0.1) is 0 Å². The second-order valence-corrected chi connectivity index (χ2v) is 4.09. The van der Waals surface area contributed by atoms with Crippen molar-refractivity contribution in [2.24, 2.45) is 7.05 Å². The maximum absolute atomic E-state index is 12.9. The minimum atomic E-state index is -2.50. The number of aromatic nitrogens is 3. The summed E-state index contributed by atoms with van der Waals surface area (Å²) >= 11 is 0. The fourth-order valence-corrected chi connectivity index (χ4v) is 2.32. The molecule has 78 valence electrons. The van der Waals surface area contributed by atoms with Crippen LogP contribution in [0.5, 0.6) is 0 Å². The van der Waals surface area contributed by atoms with Crippen molar-refractivity contribution in [2.75, 3.05) is 0 Å². The first-order valence-electron chi connectivity index (χ1n) is 4.72. The highest BCUT2D eigenvalue weighted by Crippen LogP contribution is 2.54. The predicted octanol–water partition coefficient (Wildman–Crippen LogP) is 1.89. The summed E-state index contributed by atoms with van der Waals surface area (Å²) in [6.07, 6.45) is 2.16. The summed E-state index contributed by atoms with van der Waals surface area (Å²) in [7, 11) is 1.75. The Morgan fingerprint density at radius 3 is 2.50 bits per heavy atom. The molecule has 0 bridgehead atoms. The van der Waals surface area contributed by atoms with Gasteiger partial charge >= 0.3 is 0 Å². The van der Waals surface area contributed by atoms with Crippen LogP contribution in [0.15, 0.2) is 6.20 Å². The Morgan fingerprint density at radius 2 is 2.14 bits per heavy atom. The fraction of sp³-hybridized carbons (Fsp3) is 0.778. The number of hydrogen-bond acceptors (Lipinski definition) is 2. The van der Waals surface area contributed by atoms with Crippen molar-refractivity contribution in [1.29, 1.82) is 0 Å². The van der Waals surface area contributed by atoms with E-state index in [-0.39, 0.29) is 12.8 Å². The summed E-state index contributed by atoms with van der Waals surface area (Å²) in [6.45, 7) is 1.93. The lowest BCUT2D eigenvalue weighted by atomic mass is 9.62. The quantitative estimate of drug-likeness (QED) is 0.731. The van der Waals surface area contributed by atoms with E-state index in [1.165, 1.54) is 0 Å². The van der Waals surface area contributed by atoms with Crippen LogP contribution in [0.2, 0.25) is 0 Å². The molecule has 3 nitrogen and oxygen atoms in total. The summed E-state index contributed by atoms with van der Waals surface area (Å²) in [5.74, 6) is -2.50. The lowest BCUT2D eigenvalue weighted by Crippen LogP contribution is -2.49. The zero-order valence-corrected chi connectivity index (χ0v) is 8.30. The first-order valence-corrected chi connectivity index (χ1v) is 4.72. The second kappa shape index (κ2) is 2.74. The highest BCUT2D eigenvalue weighted by atomic mass is 19.3. The summed E-state index contributed by atoms with van der Waals surface area (Å²) in [6, 6.07) is 0. The van der Waals surface area contributed by atoms with Gasteiger partial charge in [0.15, 0.2) is 0 Å². The smallest absolute Gasteiger partial charge is 0.250 e. The van der Waals surface area contributed by atoms with Crippen LogP contribution >= 0.6 is 0 Å². The molecule has 0 spiro atoms. The number of halogens is 2. The van der Waals surface area contributed by atoms with E-state index < -0.39 is 11.3 Å². The van der Waals surface area contributed by atoms with Gasteiger partial charge in [-0.15, -0.1) is 5.10 Å². The SMILES string of the molecule is CCC1(c2cnnn2C)CC(F)(F)C1. The van der Waals surface area contributed by atoms with Crippen LogP contribution in [0.25, 0.3) is 0 Å². The molecule has 1 aliphatic carbocycles. The first-order chi connectivity index (χ1) is 6.49. The molecule has 0 amide bonds. The number of nitrogens with zero attached hydrogens (tertiary/aromatic N) is 3. The minimum absolute atomic E-state index is 0.0717.